The number of likely N-dealkylation sites (tertiary alicyclic amines) is 1. The molecule has 5 heteroatoms. The molecule has 2 aliphatic heterocycles. The number of carbonyl (C=O) groups is 2. The summed E-state index contributed by atoms with van der Waals surface area (Å²) in [6.45, 7) is 1.89. The zero-order chi connectivity index (χ0) is 10.1. The number of amides is 3. The van der Waals surface area contributed by atoms with E-state index in [0.717, 1.165) is 31.5 Å². The van der Waals surface area contributed by atoms with Crippen molar-refractivity contribution in [1.29, 1.82) is 0 Å². The summed E-state index contributed by atoms with van der Waals surface area (Å²) in [5.41, 5.74) is 1.54. The summed E-state index contributed by atoms with van der Waals surface area (Å²) in [5, 5.41) is 4.76. The second-order valence-corrected chi connectivity index (χ2v) is 3.69. The van der Waals surface area contributed by atoms with Crippen molar-refractivity contribution in [3.8, 4) is 0 Å². The van der Waals surface area contributed by atoms with Gasteiger partial charge in [0.2, 0.25) is 0 Å². The van der Waals surface area contributed by atoms with Crippen LogP contribution in [0.1, 0.15) is 12.8 Å². The van der Waals surface area contributed by atoms with Gasteiger partial charge in [0.1, 0.15) is 5.70 Å². The molecule has 2 fully saturated rings. The minimum Gasteiger partial charge on any atom is -0.306 e. The van der Waals surface area contributed by atoms with Crippen LogP contribution in [0.25, 0.3) is 0 Å². The molecule has 0 aromatic rings. The van der Waals surface area contributed by atoms with Gasteiger partial charge >= 0.3 is 6.03 Å². The third-order valence-electron chi connectivity index (χ3n) is 2.64. The molecular formula is C9H13N3O2. The van der Waals surface area contributed by atoms with E-state index < -0.39 is 6.03 Å². The lowest BCUT2D eigenvalue weighted by atomic mass is 10.0. The first kappa shape index (κ1) is 9.21. The number of urea groups is 1. The van der Waals surface area contributed by atoms with Crippen LogP contribution in [0, 0.1) is 0 Å². The zero-order valence-electron chi connectivity index (χ0n) is 8.09. The zero-order valence-corrected chi connectivity index (χ0v) is 8.09. The van der Waals surface area contributed by atoms with Gasteiger partial charge in [-0.15, -0.1) is 0 Å². The molecule has 2 N–H and O–H groups in total. The second kappa shape index (κ2) is 3.42. The highest BCUT2D eigenvalue weighted by molar-refractivity contribution is 6.12. The Labute approximate surface area is 82.1 Å². The first-order valence-electron chi connectivity index (χ1n) is 4.70. The Morgan fingerprint density at radius 2 is 1.79 bits per heavy atom. The fourth-order valence-electron chi connectivity index (χ4n) is 1.75. The number of hydrogen-bond acceptors (Lipinski definition) is 3. The van der Waals surface area contributed by atoms with Gasteiger partial charge in [-0.05, 0) is 25.5 Å². The SMILES string of the molecule is CN1CCC(=C2NC(=O)NC2=O)CC1. The van der Waals surface area contributed by atoms with Gasteiger partial charge < -0.3 is 10.2 Å². The fraction of sp³-hybridized carbons (Fsp3) is 0.556. The van der Waals surface area contributed by atoms with Crippen molar-refractivity contribution in [3.63, 3.8) is 0 Å². The predicted molar refractivity (Wildman–Crippen MR) is 50.4 cm³/mol. The van der Waals surface area contributed by atoms with Crippen LogP contribution < -0.4 is 10.6 Å². The summed E-state index contributed by atoms with van der Waals surface area (Å²) in [4.78, 5) is 24.4. The Morgan fingerprint density at radius 3 is 2.29 bits per heavy atom. The van der Waals surface area contributed by atoms with Crippen LogP contribution in [0.4, 0.5) is 4.79 Å². The molecule has 2 rings (SSSR count). The number of nitrogens with one attached hydrogen (secondary N) is 2. The molecular weight excluding hydrogens is 182 g/mol. The van der Waals surface area contributed by atoms with Gasteiger partial charge in [0.05, 0.1) is 0 Å². The molecule has 2 aliphatic rings. The molecule has 0 aliphatic carbocycles. The lowest BCUT2D eigenvalue weighted by Gasteiger charge is -2.24. The van der Waals surface area contributed by atoms with Crippen LogP contribution in [0.5, 0.6) is 0 Å². The van der Waals surface area contributed by atoms with E-state index in [1.807, 2.05) is 0 Å². The van der Waals surface area contributed by atoms with Crippen molar-refractivity contribution in [3.05, 3.63) is 11.3 Å². The van der Waals surface area contributed by atoms with Gasteiger partial charge in [0.15, 0.2) is 0 Å². The third-order valence-corrected chi connectivity index (χ3v) is 2.64. The highest BCUT2D eigenvalue weighted by Gasteiger charge is 2.27. The molecule has 5 nitrogen and oxygen atoms in total. The number of rotatable bonds is 0. The van der Waals surface area contributed by atoms with Crippen LogP contribution in [0.2, 0.25) is 0 Å². The molecule has 0 atom stereocenters. The molecule has 0 aromatic heterocycles. The van der Waals surface area contributed by atoms with Crippen molar-refractivity contribution >= 4 is 11.9 Å². The molecule has 0 aromatic carbocycles. The molecule has 0 unspecified atom stereocenters. The first-order chi connectivity index (χ1) is 6.66. The highest BCUT2D eigenvalue weighted by Crippen LogP contribution is 2.19. The first-order valence-corrected chi connectivity index (χ1v) is 4.70. The molecule has 2 saturated heterocycles. The topological polar surface area (TPSA) is 61.4 Å². The quantitative estimate of drug-likeness (QED) is 0.416. The maximum Gasteiger partial charge on any atom is 0.326 e. The van der Waals surface area contributed by atoms with Crippen LogP contribution in [0.3, 0.4) is 0 Å². The van der Waals surface area contributed by atoms with Gasteiger partial charge in [0.25, 0.3) is 5.91 Å². The van der Waals surface area contributed by atoms with Gasteiger partial charge in [-0.1, -0.05) is 0 Å². The summed E-state index contributed by atoms with van der Waals surface area (Å²) in [6, 6.07) is -0.406. The van der Waals surface area contributed by atoms with E-state index in [4.69, 9.17) is 0 Å². The Hall–Kier alpha value is -1.36. The van der Waals surface area contributed by atoms with Gasteiger partial charge in [-0.2, -0.15) is 0 Å². The summed E-state index contributed by atoms with van der Waals surface area (Å²) >= 11 is 0. The van der Waals surface area contributed by atoms with E-state index >= 15 is 0 Å². The number of nitrogens with zero attached hydrogens (tertiary/aromatic N) is 1. The molecule has 0 radical (unpaired) electrons. The Balaban J connectivity index is 2.15. The van der Waals surface area contributed by atoms with Gasteiger partial charge in [0, 0.05) is 13.1 Å². The number of carbonyl (C=O) groups excluding carboxylic acids is 2. The lowest BCUT2D eigenvalue weighted by molar-refractivity contribution is -0.115. The van der Waals surface area contributed by atoms with Crippen molar-refractivity contribution in [2.75, 3.05) is 20.1 Å². The summed E-state index contributed by atoms with van der Waals surface area (Å²) in [5.74, 6) is -0.283. The summed E-state index contributed by atoms with van der Waals surface area (Å²) in [7, 11) is 2.05. The van der Waals surface area contributed by atoms with E-state index in [1.165, 1.54) is 0 Å². The van der Waals surface area contributed by atoms with Gasteiger partial charge in [-0.25, -0.2) is 4.79 Å². The lowest BCUT2D eigenvalue weighted by Crippen LogP contribution is -2.28. The monoisotopic (exact) mass is 195 g/mol. The molecule has 0 saturated carbocycles. The minimum absolute atomic E-state index is 0.283. The standard InChI is InChI=1S/C9H13N3O2/c1-12-4-2-6(3-5-12)7-8(13)11-9(14)10-7/h2-5H2,1H3,(H2,10,11,13,14). The Kier molecular flexibility index (Phi) is 2.25. The minimum atomic E-state index is -0.406. The largest absolute Gasteiger partial charge is 0.326 e. The van der Waals surface area contributed by atoms with Crippen molar-refractivity contribution in [2.24, 2.45) is 0 Å². The van der Waals surface area contributed by atoms with Crippen molar-refractivity contribution in [2.45, 2.75) is 12.8 Å². The number of piperidine rings is 1. The maximum absolute atomic E-state index is 11.3. The molecule has 3 amide bonds. The van der Waals surface area contributed by atoms with E-state index in [9.17, 15) is 9.59 Å². The molecule has 0 bridgehead atoms. The number of hydrogen-bond donors (Lipinski definition) is 2. The summed E-state index contributed by atoms with van der Waals surface area (Å²) in [6.07, 6.45) is 1.72. The van der Waals surface area contributed by atoms with Crippen molar-refractivity contribution < 1.29 is 9.59 Å². The molecule has 76 valence electrons. The Bertz CT molecular complexity index is 312. The average Bonchev–Trinajstić information content (AvgIpc) is 2.47. The third kappa shape index (κ3) is 1.63. The van der Waals surface area contributed by atoms with Gasteiger partial charge in [-0.3, -0.25) is 10.1 Å². The smallest absolute Gasteiger partial charge is 0.306 e. The van der Waals surface area contributed by atoms with Crippen LogP contribution in [-0.2, 0) is 4.79 Å². The normalized spacial score (nSPS) is 23.8. The van der Waals surface area contributed by atoms with E-state index in [0.29, 0.717) is 5.70 Å². The van der Waals surface area contributed by atoms with Crippen molar-refractivity contribution in [1.82, 2.24) is 15.5 Å². The van der Waals surface area contributed by atoms with Crippen LogP contribution >= 0.6 is 0 Å². The van der Waals surface area contributed by atoms with E-state index in [-0.39, 0.29) is 5.91 Å². The molecule has 2 heterocycles. The predicted octanol–water partition coefficient (Wildman–Crippen LogP) is -0.195. The number of imide groups is 1. The average molecular weight is 195 g/mol. The van der Waals surface area contributed by atoms with E-state index in [2.05, 4.69) is 22.6 Å². The highest BCUT2D eigenvalue weighted by atomic mass is 16.2. The molecule has 0 spiro atoms. The summed E-state index contributed by atoms with van der Waals surface area (Å²) < 4.78 is 0. The maximum atomic E-state index is 11.3. The van der Waals surface area contributed by atoms with Crippen LogP contribution in [-0.4, -0.2) is 37.0 Å². The fourth-order valence-corrected chi connectivity index (χ4v) is 1.75. The Morgan fingerprint density at radius 1 is 1.14 bits per heavy atom. The van der Waals surface area contributed by atoms with Crippen LogP contribution in [0.15, 0.2) is 11.3 Å². The second-order valence-electron chi connectivity index (χ2n) is 3.69. The van der Waals surface area contributed by atoms with E-state index in [1.54, 1.807) is 0 Å². The molecule has 14 heavy (non-hydrogen) atoms.